The maximum atomic E-state index is 12.1. The van der Waals surface area contributed by atoms with Crippen LogP contribution in [0.2, 0.25) is 10.0 Å². The molecule has 0 saturated heterocycles. The Morgan fingerprint density at radius 2 is 2.00 bits per heavy atom. The number of fused-ring (bicyclic) bond motifs is 1. The van der Waals surface area contributed by atoms with Crippen molar-refractivity contribution in [1.82, 2.24) is 5.32 Å². The van der Waals surface area contributed by atoms with Gasteiger partial charge in [-0.25, -0.2) is 0 Å². The van der Waals surface area contributed by atoms with Crippen molar-refractivity contribution in [2.24, 2.45) is 0 Å². The summed E-state index contributed by atoms with van der Waals surface area (Å²) in [6.07, 6.45) is -0.308. The van der Waals surface area contributed by atoms with Gasteiger partial charge in [-0.15, -0.1) is 0 Å². The zero-order valence-electron chi connectivity index (χ0n) is 12.5. The van der Waals surface area contributed by atoms with Gasteiger partial charge in [-0.1, -0.05) is 35.3 Å². The number of amides is 2. The predicted molar refractivity (Wildman–Crippen MR) is 92.9 cm³/mol. The van der Waals surface area contributed by atoms with Crippen LogP contribution in [0.4, 0.5) is 5.69 Å². The number of nitrogens with one attached hydrogen (secondary N) is 2. The third-order valence-electron chi connectivity index (χ3n) is 3.57. The lowest BCUT2D eigenvalue weighted by molar-refractivity contribution is -0.123. The first-order valence-corrected chi connectivity index (χ1v) is 8.10. The zero-order valence-corrected chi connectivity index (χ0v) is 14.0. The molecule has 2 amide bonds. The summed E-state index contributed by atoms with van der Waals surface area (Å²) in [5.41, 5.74) is 0.983. The van der Waals surface area contributed by atoms with Gasteiger partial charge in [0.1, 0.15) is 5.75 Å². The average molecular weight is 365 g/mol. The van der Waals surface area contributed by atoms with Gasteiger partial charge in [0, 0.05) is 18.0 Å². The Morgan fingerprint density at radius 3 is 2.79 bits per heavy atom. The van der Waals surface area contributed by atoms with Gasteiger partial charge in [-0.2, -0.15) is 0 Å². The molecule has 0 saturated carbocycles. The SMILES string of the molecule is O=C(NCCC1Oc2ccccc2NC1=O)c1ccc(Cl)cc1Cl. The maximum Gasteiger partial charge on any atom is 0.265 e. The van der Waals surface area contributed by atoms with Crippen LogP contribution in [0.15, 0.2) is 42.5 Å². The van der Waals surface area contributed by atoms with E-state index < -0.39 is 6.10 Å². The molecule has 24 heavy (non-hydrogen) atoms. The highest BCUT2D eigenvalue weighted by atomic mass is 35.5. The highest BCUT2D eigenvalue weighted by molar-refractivity contribution is 6.36. The van der Waals surface area contributed by atoms with Crippen LogP contribution in [0.25, 0.3) is 0 Å². The normalized spacial score (nSPS) is 15.9. The molecule has 1 atom stereocenters. The van der Waals surface area contributed by atoms with E-state index in [1.807, 2.05) is 12.1 Å². The topological polar surface area (TPSA) is 67.4 Å². The standard InChI is InChI=1S/C17H14Cl2N2O3/c18-10-5-6-11(12(19)9-10)16(22)20-8-7-15-17(23)21-13-3-1-2-4-14(13)24-15/h1-6,9,15H,7-8H2,(H,20,22)(H,21,23). The van der Waals surface area contributed by atoms with E-state index >= 15 is 0 Å². The van der Waals surface area contributed by atoms with Crippen LogP contribution in [-0.4, -0.2) is 24.5 Å². The number of halogens is 2. The van der Waals surface area contributed by atoms with Crippen LogP contribution < -0.4 is 15.4 Å². The summed E-state index contributed by atoms with van der Waals surface area (Å²) in [6, 6.07) is 11.9. The number of ether oxygens (including phenoxy) is 1. The van der Waals surface area contributed by atoms with Crippen molar-refractivity contribution < 1.29 is 14.3 Å². The van der Waals surface area contributed by atoms with Gasteiger partial charge < -0.3 is 15.4 Å². The molecule has 1 aliphatic heterocycles. The van der Waals surface area contributed by atoms with Crippen LogP contribution in [0, 0.1) is 0 Å². The number of hydrogen-bond donors (Lipinski definition) is 2. The van der Waals surface area contributed by atoms with E-state index in [0.717, 1.165) is 0 Å². The van der Waals surface area contributed by atoms with Crippen LogP contribution in [0.5, 0.6) is 5.75 Å². The molecule has 0 spiro atoms. The van der Waals surface area contributed by atoms with E-state index in [2.05, 4.69) is 10.6 Å². The third kappa shape index (κ3) is 3.63. The summed E-state index contributed by atoms with van der Waals surface area (Å²) >= 11 is 11.8. The van der Waals surface area contributed by atoms with Crippen molar-refractivity contribution in [3.05, 3.63) is 58.1 Å². The first kappa shape index (κ1) is 16.6. The second kappa shape index (κ2) is 7.11. The number of benzene rings is 2. The van der Waals surface area contributed by atoms with Gasteiger partial charge in [-0.3, -0.25) is 9.59 Å². The van der Waals surface area contributed by atoms with Crippen LogP contribution in [-0.2, 0) is 4.79 Å². The van der Waals surface area contributed by atoms with Crippen molar-refractivity contribution in [2.75, 3.05) is 11.9 Å². The van der Waals surface area contributed by atoms with E-state index in [4.69, 9.17) is 27.9 Å². The Morgan fingerprint density at radius 1 is 1.21 bits per heavy atom. The highest BCUT2D eigenvalue weighted by Crippen LogP contribution is 2.29. The Balaban J connectivity index is 1.57. The average Bonchev–Trinajstić information content (AvgIpc) is 2.55. The van der Waals surface area contributed by atoms with Crippen molar-refractivity contribution >= 4 is 40.7 Å². The minimum atomic E-state index is -0.652. The molecule has 5 nitrogen and oxygen atoms in total. The molecule has 0 radical (unpaired) electrons. The molecule has 2 aromatic rings. The molecular weight excluding hydrogens is 351 g/mol. The number of para-hydroxylation sites is 2. The minimum Gasteiger partial charge on any atom is -0.478 e. The Hall–Kier alpha value is -2.24. The van der Waals surface area contributed by atoms with Crippen LogP contribution in [0.1, 0.15) is 16.8 Å². The van der Waals surface area contributed by atoms with Gasteiger partial charge >= 0.3 is 0 Å². The fourth-order valence-corrected chi connectivity index (χ4v) is 2.86. The molecule has 0 aliphatic carbocycles. The zero-order chi connectivity index (χ0) is 17.1. The molecule has 1 unspecified atom stereocenters. The fourth-order valence-electron chi connectivity index (χ4n) is 2.37. The summed E-state index contributed by atoms with van der Waals surface area (Å²) in [4.78, 5) is 24.1. The quantitative estimate of drug-likeness (QED) is 0.871. The highest BCUT2D eigenvalue weighted by Gasteiger charge is 2.27. The van der Waals surface area contributed by atoms with E-state index in [9.17, 15) is 9.59 Å². The lowest BCUT2D eigenvalue weighted by atomic mass is 10.1. The first-order chi connectivity index (χ1) is 11.5. The summed E-state index contributed by atoms with van der Waals surface area (Å²) in [7, 11) is 0. The number of carbonyl (C=O) groups is 2. The van der Waals surface area contributed by atoms with Crippen LogP contribution in [0.3, 0.4) is 0 Å². The van der Waals surface area contributed by atoms with Gasteiger partial charge in [0.05, 0.1) is 16.3 Å². The van der Waals surface area contributed by atoms with Gasteiger partial charge in [-0.05, 0) is 30.3 Å². The summed E-state index contributed by atoms with van der Waals surface area (Å²) in [5.74, 6) is 0.0648. The van der Waals surface area contributed by atoms with E-state index in [1.54, 1.807) is 24.3 Å². The molecule has 1 heterocycles. The van der Waals surface area contributed by atoms with E-state index in [1.165, 1.54) is 6.07 Å². The molecule has 3 rings (SSSR count). The first-order valence-electron chi connectivity index (χ1n) is 7.34. The van der Waals surface area contributed by atoms with Gasteiger partial charge in [0.15, 0.2) is 6.10 Å². The maximum absolute atomic E-state index is 12.1. The molecule has 0 bridgehead atoms. The summed E-state index contributed by atoms with van der Waals surface area (Å²) in [5, 5.41) is 6.25. The molecule has 7 heteroatoms. The Bertz CT molecular complexity index is 795. The molecule has 0 aromatic heterocycles. The largest absolute Gasteiger partial charge is 0.478 e. The van der Waals surface area contributed by atoms with Crippen molar-refractivity contribution in [2.45, 2.75) is 12.5 Å². The molecule has 1 aliphatic rings. The van der Waals surface area contributed by atoms with Crippen molar-refractivity contribution in [3.8, 4) is 5.75 Å². The molecular formula is C17H14Cl2N2O3. The molecule has 124 valence electrons. The summed E-state index contributed by atoms with van der Waals surface area (Å²) in [6.45, 7) is 0.276. The predicted octanol–water partition coefficient (Wildman–Crippen LogP) is 3.51. The third-order valence-corrected chi connectivity index (χ3v) is 4.12. The second-order valence-corrected chi connectivity index (χ2v) is 6.10. The fraction of sp³-hybridized carbons (Fsp3) is 0.176. The number of carbonyl (C=O) groups excluding carboxylic acids is 2. The minimum absolute atomic E-state index is 0.229. The Labute approximate surface area is 148 Å². The van der Waals surface area contributed by atoms with Gasteiger partial charge in [0.2, 0.25) is 0 Å². The number of hydrogen-bond acceptors (Lipinski definition) is 3. The molecule has 2 N–H and O–H groups in total. The molecule has 2 aromatic carbocycles. The second-order valence-electron chi connectivity index (χ2n) is 5.26. The number of anilines is 1. The van der Waals surface area contributed by atoms with E-state index in [-0.39, 0.29) is 23.4 Å². The number of rotatable bonds is 4. The molecule has 0 fully saturated rings. The lowest BCUT2D eigenvalue weighted by Gasteiger charge is -2.25. The summed E-state index contributed by atoms with van der Waals surface area (Å²) < 4.78 is 5.66. The van der Waals surface area contributed by atoms with Crippen molar-refractivity contribution in [1.29, 1.82) is 0 Å². The monoisotopic (exact) mass is 364 g/mol. The van der Waals surface area contributed by atoms with Crippen LogP contribution >= 0.6 is 23.2 Å². The Kier molecular flexibility index (Phi) is 4.92. The van der Waals surface area contributed by atoms with E-state index in [0.29, 0.717) is 28.4 Å². The van der Waals surface area contributed by atoms with Crippen molar-refractivity contribution in [3.63, 3.8) is 0 Å². The lowest BCUT2D eigenvalue weighted by Crippen LogP contribution is -2.39. The van der Waals surface area contributed by atoms with Gasteiger partial charge in [0.25, 0.3) is 11.8 Å². The smallest absolute Gasteiger partial charge is 0.265 e.